The molecule has 0 radical (unpaired) electrons. The summed E-state index contributed by atoms with van der Waals surface area (Å²) in [6, 6.07) is 6.61. The van der Waals surface area contributed by atoms with E-state index in [1.807, 2.05) is 0 Å². The standard InChI is InChI=1S/C19H26/c1-6-8-16(4)19(9-7-2)13-12-18-11-10-15(3)17(5)14-18/h8-14H,6-7H2,1-5H3/b13-12+,16-8-,19-9-. The minimum Gasteiger partial charge on any atom is -0.0813 e. The predicted octanol–water partition coefficient (Wildman–Crippen LogP) is 6.01. The van der Waals surface area contributed by atoms with Crippen LogP contribution in [0.1, 0.15) is 50.3 Å². The molecule has 0 aliphatic rings. The van der Waals surface area contributed by atoms with E-state index in [9.17, 15) is 0 Å². The van der Waals surface area contributed by atoms with Gasteiger partial charge in [0.1, 0.15) is 0 Å². The van der Waals surface area contributed by atoms with Crippen LogP contribution in [0, 0.1) is 13.8 Å². The molecule has 0 unspecified atom stereocenters. The second kappa shape index (κ2) is 7.78. The van der Waals surface area contributed by atoms with E-state index < -0.39 is 0 Å². The molecule has 1 aromatic carbocycles. The van der Waals surface area contributed by atoms with E-state index in [1.54, 1.807) is 0 Å². The second-order valence-electron chi connectivity index (χ2n) is 5.04. The van der Waals surface area contributed by atoms with Crippen LogP contribution in [0.4, 0.5) is 0 Å². The summed E-state index contributed by atoms with van der Waals surface area (Å²) in [4.78, 5) is 0. The molecule has 1 rings (SSSR count). The van der Waals surface area contributed by atoms with Gasteiger partial charge in [-0.2, -0.15) is 0 Å². The Hall–Kier alpha value is -1.56. The van der Waals surface area contributed by atoms with Gasteiger partial charge in [-0.15, -0.1) is 0 Å². The maximum absolute atomic E-state index is 2.29. The first-order valence-electron chi connectivity index (χ1n) is 7.21. The highest BCUT2D eigenvalue weighted by atomic mass is 14.0. The molecule has 0 aliphatic heterocycles. The van der Waals surface area contributed by atoms with Gasteiger partial charge in [-0.25, -0.2) is 0 Å². The zero-order chi connectivity index (χ0) is 14.3. The Bertz CT molecular complexity index is 499. The highest BCUT2D eigenvalue weighted by Crippen LogP contribution is 2.16. The summed E-state index contributed by atoms with van der Waals surface area (Å²) in [6.07, 6.45) is 11.2. The van der Waals surface area contributed by atoms with Crippen molar-refractivity contribution in [3.63, 3.8) is 0 Å². The van der Waals surface area contributed by atoms with Crippen molar-refractivity contribution in [1.82, 2.24) is 0 Å². The minimum atomic E-state index is 1.07. The highest BCUT2D eigenvalue weighted by molar-refractivity contribution is 5.57. The number of benzene rings is 1. The number of rotatable bonds is 5. The summed E-state index contributed by atoms with van der Waals surface area (Å²) in [6.45, 7) is 10.9. The van der Waals surface area contributed by atoms with Gasteiger partial charge < -0.3 is 0 Å². The third-order valence-electron chi connectivity index (χ3n) is 3.38. The maximum Gasteiger partial charge on any atom is -0.0254 e. The molecule has 0 atom stereocenters. The Morgan fingerprint density at radius 2 is 1.68 bits per heavy atom. The van der Waals surface area contributed by atoms with E-state index in [2.05, 4.69) is 77.1 Å². The zero-order valence-corrected chi connectivity index (χ0v) is 13.0. The van der Waals surface area contributed by atoms with Crippen LogP contribution < -0.4 is 0 Å². The summed E-state index contributed by atoms with van der Waals surface area (Å²) in [5, 5.41) is 0. The zero-order valence-electron chi connectivity index (χ0n) is 13.0. The molecule has 0 spiro atoms. The van der Waals surface area contributed by atoms with Gasteiger partial charge in [0.2, 0.25) is 0 Å². The molecule has 102 valence electrons. The fraction of sp³-hybridized carbons (Fsp3) is 0.368. The molecule has 0 nitrogen and oxygen atoms in total. The fourth-order valence-corrected chi connectivity index (χ4v) is 2.06. The van der Waals surface area contributed by atoms with E-state index in [1.165, 1.54) is 27.8 Å². The monoisotopic (exact) mass is 254 g/mol. The van der Waals surface area contributed by atoms with Crippen LogP contribution in [0.2, 0.25) is 0 Å². The molecule has 0 amide bonds. The summed E-state index contributed by atoms with van der Waals surface area (Å²) in [5.74, 6) is 0. The smallest absolute Gasteiger partial charge is 0.0254 e. The van der Waals surface area contributed by atoms with Crippen LogP contribution in [0.15, 0.2) is 47.6 Å². The number of aryl methyl sites for hydroxylation is 2. The molecule has 0 heterocycles. The Morgan fingerprint density at radius 1 is 1.00 bits per heavy atom. The first kappa shape index (κ1) is 15.5. The van der Waals surface area contributed by atoms with Gasteiger partial charge in [0.05, 0.1) is 0 Å². The summed E-state index contributed by atoms with van der Waals surface area (Å²) in [5.41, 5.74) is 6.67. The Kier molecular flexibility index (Phi) is 6.35. The van der Waals surface area contributed by atoms with Crippen molar-refractivity contribution >= 4 is 6.08 Å². The van der Waals surface area contributed by atoms with Gasteiger partial charge >= 0.3 is 0 Å². The van der Waals surface area contributed by atoms with Crippen molar-refractivity contribution in [2.24, 2.45) is 0 Å². The predicted molar refractivity (Wildman–Crippen MR) is 87.4 cm³/mol. The van der Waals surface area contributed by atoms with Crippen molar-refractivity contribution in [3.8, 4) is 0 Å². The normalized spacial score (nSPS) is 13.3. The van der Waals surface area contributed by atoms with Crippen molar-refractivity contribution in [2.45, 2.75) is 47.5 Å². The van der Waals surface area contributed by atoms with Crippen LogP contribution in [0.5, 0.6) is 0 Å². The van der Waals surface area contributed by atoms with E-state index >= 15 is 0 Å². The average molecular weight is 254 g/mol. The number of allylic oxidation sites excluding steroid dienone is 5. The van der Waals surface area contributed by atoms with E-state index in [4.69, 9.17) is 0 Å². The first-order chi connectivity index (χ1) is 9.08. The Morgan fingerprint density at radius 3 is 2.26 bits per heavy atom. The quantitative estimate of drug-likeness (QED) is 0.564. The van der Waals surface area contributed by atoms with Gasteiger partial charge in [0, 0.05) is 0 Å². The van der Waals surface area contributed by atoms with Gasteiger partial charge in [0.25, 0.3) is 0 Å². The molecule has 0 fully saturated rings. The van der Waals surface area contributed by atoms with Gasteiger partial charge in [-0.1, -0.05) is 56.4 Å². The van der Waals surface area contributed by atoms with Gasteiger partial charge in [-0.05, 0) is 61.4 Å². The lowest BCUT2D eigenvalue weighted by Gasteiger charge is -2.04. The average Bonchev–Trinajstić information content (AvgIpc) is 2.38. The molecule has 0 aromatic heterocycles. The van der Waals surface area contributed by atoms with E-state index in [-0.39, 0.29) is 0 Å². The van der Waals surface area contributed by atoms with E-state index in [0.717, 1.165) is 12.8 Å². The van der Waals surface area contributed by atoms with Crippen molar-refractivity contribution in [3.05, 3.63) is 64.3 Å². The van der Waals surface area contributed by atoms with Crippen molar-refractivity contribution < 1.29 is 0 Å². The molecule has 1 aromatic rings. The van der Waals surface area contributed by atoms with Crippen LogP contribution in [-0.4, -0.2) is 0 Å². The van der Waals surface area contributed by atoms with Crippen LogP contribution in [0.3, 0.4) is 0 Å². The topological polar surface area (TPSA) is 0 Å². The lowest BCUT2D eigenvalue weighted by atomic mass is 10.0. The molecule has 19 heavy (non-hydrogen) atoms. The highest BCUT2D eigenvalue weighted by Gasteiger charge is 1.96. The third kappa shape index (κ3) is 4.90. The number of hydrogen-bond donors (Lipinski definition) is 0. The molecule has 0 saturated carbocycles. The minimum absolute atomic E-state index is 1.07. The van der Waals surface area contributed by atoms with E-state index in [0.29, 0.717) is 0 Å². The third-order valence-corrected chi connectivity index (χ3v) is 3.38. The van der Waals surface area contributed by atoms with Crippen LogP contribution in [0.25, 0.3) is 6.08 Å². The fourth-order valence-electron chi connectivity index (χ4n) is 2.06. The first-order valence-corrected chi connectivity index (χ1v) is 7.21. The molecule has 0 aliphatic carbocycles. The molecular weight excluding hydrogens is 228 g/mol. The largest absolute Gasteiger partial charge is 0.0813 e. The van der Waals surface area contributed by atoms with Crippen LogP contribution in [-0.2, 0) is 0 Å². The van der Waals surface area contributed by atoms with Crippen molar-refractivity contribution in [2.75, 3.05) is 0 Å². The molecular formula is C19H26. The van der Waals surface area contributed by atoms with Crippen molar-refractivity contribution in [1.29, 1.82) is 0 Å². The van der Waals surface area contributed by atoms with Crippen LogP contribution >= 0.6 is 0 Å². The molecule has 0 N–H and O–H groups in total. The molecule has 0 saturated heterocycles. The summed E-state index contributed by atoms with van der Waals surface area (Å²) >= 11 is 0. The number of hydrogen-bond acceptors (Lipinski definition) is 0. The van der Waals surface area contributed by atoms with Gasteiger partial charge in [-0.3, -0.25) is 0 Å². The van der Waals surface area contributed by atoms with Gasteiger partial charge in [0.15, 0.2) is 0 Å². The second-order valence-corrected chi connectivity index (χ2v) is 5.04. The summed E-state index contributed by atoms with van der Waals surface area (Å²) < 4.78 is 0. The Balaban J connectivity index is 2.96. The lowest BCUT2D eigenvalue weighted by Crippen LogP contribution is -1.84. The Labute approximate surface area is 118 Å². The maximum atomic E-state index is 2.29. The SMILES string of the molecule is CC\C=C(C)/C(=C\CC)/C=C/c1ccc(C)c(C)c1. The lowest BCUT2D eigenvalue weighted by molar-refractivity contribution is 1.16. The molecule has 0 heteroatoms. The molecule has 0 bridgehead atoms. The summed E-state index contributed by atoms with van der Waals surface area (Å²) in [7, 11) is 0.